The zero-order chi connectivity index (χ0) is 24.5. The summed E-state index contributed by atoms with van der Waals surface area (Å²) < 4.78 is 11.5. The zero-order valence-corrected chi connectivity index (χ0v) is 19.2. The molecule has 0 aliphatic heterocycles. The van der Waals surface area contributed by atoms with Crippen molar-refractivity contribution in [3.05, 3.63) is 102 Å². The van der Waals surface area contributed by atoms with Gasteiger partial charge in [-0.2, -0.15) is 5.10 Å². The molecule has 0 saturated carbocycles. The molecule has 7 heteroatoms. The van der Waals surface area contributed by atoms with Crippen molar-refractivity contribution in [2.24, 2.45) is 5.10 Å². The highest BCUT2D eigenvalue weighted by molar-refractivity contribution is 6.39. The third-order valence-electron chi connectivity index (χ3n) is 5.17. The van der Waals surface area contributed by atoms with Gasteiger partial charge in [0.25, 0.3) is 0 Å². The number of rotatable bonds is 8. The topological polar surface area (TPSA) is 89.0 Å². The Morgan fingerprint density at radius 2 is 1.54 bits per heavy atom. The number of para-hydroxylation sites is 2. The number of hydrogen-bond donors (Lipinski definition) is 2. The summed E-state index contributed by atoms with van der Waals surface area (Å²) in [5, 5.41) is 8.49. The van der Waals surface area contributed by atoms with Gasteiger partial charge < -0.3 is 14.8 Å². The molecule has 4 rings (SSSR count). The average Bonchev–Trinajstić information content (AvgIpc) is 2.89. The maximum absolute atomic E-state index is 12.4. The van der Waals surface area contributed by atoms with Gasteiger partial charge >= 0.3 is 11.8 Å². The first-order valence-electron chi connectivity index (χ1n) is 11.2. The largest absolute Gasteiger partial charge is 0.492 e. The number of fused-ring (bicyclic) bond motifs is 1. The number of carbonyl (C=O) groups is 2. The SMILES string of the molecule is CCOc1ccccc1NC(=O)C(=O)N/N=C\c1c(OCc2ccccc2)ccc2ccccc12. The van der Waals surface area contributed by atoms with Crippen molar-refractivity contribution < 1.29 is 19.1 Å². The van der Waals surface area contributed by atoms with Crippen LogP contribution in [-0.4, -0.2) is 24.6 Å². The molecular formula is C28H25N3O4. The quantitative estimate of drug-likeness (QED) is 0.219. The number of anilines is 1. The molecule has 0 saturated heterocycles. The number of carbonyl (C=O) groups excluding carboxylic acids is 2. The number of benzene rings is 4. The molecule has 0 aromatic heterocycles. The molecule has 35 heavy (non-hydrogen) atoms. The number of nitrogens with zero attached hydrogens (tertiary/aromatic N) is 1. The highest BCUT2D eigenvalue weighted by Gasteiger charge is 2.15. The van der Waals surface area contributed by atoms with Crippen LogP contribution in [0, 0.1) is 0 Å². The summed E-state index contributed by atoms with van der Waals surface area (Å²) >= 11 is 0. The van der Waals surface area contributed by atoms with Crippen molar-refractivity contribution in [1.82, 2.24) is 5.43 Å². The second kappa shape index (κ2) is 11.5. The van der Waals surface area contributed by atoms with Gasteiger partial charge in [0.2, 0.25) is 0 Å². The summed E-state index contributed by atoms with van der Waals surface area (Å²) in [6.45, 7) is 2.66. The molecule has 0 spiro atoms. The van der Waals surface area contributed by atoms with E-state index in [1.165, 1.54) is 6.21 Å². The lowest BCUT2D eigenvalue weighted by atomic mass is 10.0. The van der Waals surface area contributed by atoms with Crippen LogP contribution in [0.15, 0.2) is 96.1 Å². The number of nitrogens with one attached hydrogen (secondary N) is 2. The Kier molecular flexibility index (Phi) is 7.70. The molecule has 4 aromatic rings. The molecule has 0 bridgehead atoms. The van der Waals surface area contributed by atoms with E-state index in [9.17, 15) is 9.59 Å². The van der Waals surface area contributed by atoms with E-state index >= 15 is 0 Å². The fourth-order valence-corrected chi connectivity index (χ4v) is 3.51. The van der Waals surface area contributed by atoms with Gasteiger partial charge in [-0.3, -0.25) is 9.59 Å². The van der Waals surface area contributed by atoms with Crippen LogP contribution in [0.2, 0.25) is 0 Å². The van der Waals surface area contributed by atoms with Crippen molar-refractivity contribution in [2.45, 2.75) is 13.5 Å². The molecule has 2 N–H and O–H groups in total. The van der Waals surface area contributed by atoms with E-state index in [1.807, 2.05) is 73.7 Å². The van der Waals surface area contributed by atoms with Gasteiger partial charge in [-0.25, -0.2) is 5.43 Å². The predicted octanol–water partition coefficient (Wildman–Crippen LogP) is 4.91. The van der Waals surface area contributed by atoms with Crippen LogP contribution >= 0.6 is 0 Å². The highest BCUT2D eigenvalue weighted by atomic mass is 16.5. The van der Waals surface area contributed by atoms with Crippen molar-refractivity contribution in [3.63, 3.8) is 0 Å². The van der Waals surface area contributed by atoms with Crippen molar-refractivity contribution in [2.75, 3.05) is 11.9 Å². The summed E-state index contributed by atoms with van der Waals surface area (Å²) in [7, 11) is 0. The van der Waals surface area contributed by atoms with Crippen LogP contribution < -0.4 is 20.2 Å². The van der Waals surface area contributed by atoms with Crippen LogP contribution in [0.1, 0.15) is 18.1 Å². The number of amides is 2. The fraction of sp³-hybridized carbons (Fsp3) is 0.107. The molecular weight excluding hydrogens is 442 g/mol. The van der Waals surface area contributed by atoms with Gasteiger partial charge in [0.1, 0.15) is 18.1 Å². The predicted molar refractivity (Wildman–Crippen MR) is 137 cm³/mol. The molecule has 0 fully saturated rings. The number of ether oxygens (including phenoxy) is 2. The maximum Gasteiger partial charge on any atom is 0.329 e. The van der Waals surface area contributed by atoms with Gasteiger partial charge in [0.15, 0.2) is 0 Å². The summed E-state index contributed by atoms with van der Waals surface area (Å²) in [6.07, 6.45) is 1.49. The first-order valence-corrected chi connectivity index (χ1v) is 11.2. The molecule has 0 heterocycles. The molecule has 176 valence electrons. The lowest BCUT2D eigenvalue weighted by Crippen LogP contribution is -2.32. The fourth-order valence-electron chi connectivity index (χ4n) is 3.51. The van der Waals surface area contributed by atoms with Crippen molar-refractivity contribution >= 4 is 34.5 Å². The Bertz CT molecular complexity index is 1350. The Labute approximate surface area is 203 Å². The maximum atomic E-state index is 12.4. The van der Waals surface area contributed by atoms with E-state index < -0.39 is 11.8 Å². The van der Waals surface area contributed by atoms with Crippen LogP contribution in [-0.2, 0) is 16.2 Å². The zero-order valence-electron chi connectivity index (χ0n) is 19.2. The first kappa shape index (κ1) is 23.5. The van der Waals surface area contributed by atoms with E-state index in [0.29, 0.717) is 36.0 Å². The third kappa shape index (κ3) is 6.03. The second-order valence-electron chi connectivity index (χ2n) is 7.56. The Morgan fingerprint density at radius 3 is 2.37 bits per heavy atom. The minimum atomic E-state index is -0.903. The molecule has 2 amide bonds. The minimum absolute atomic E-state index is 0.383. The number of hydrazone groups is 1. The van der Waals surface area contributed by atoms with Gasteiger partial charge in [0.05, 0.1) is 18.5 Å². The Hall–Kier alpha value is -4.65. The summed E-state index contributed by atoms with van der Waals surface area (Å²) in [4.78, 5) is 24.7. The number of hydrogen-bond acceptors (Lipinski definition) is 5. The Balaban J connectivity index is 1.49. The summed E-state index contributed by atoms with van der Waals surface area (Å²) in [6, 6.07) is 28.4. The second-order valence-corrected chi connectivity index (χ2v) is 7.56. The third-order valence-corrected chi connectivity index (χ3v) is 5.17. The van der Waals surface area contributed by atoms with E-state index in [2.05, 4.69) is 15.8 Å². The monoisotopic (exact) mass is 467 g/mol. The smallest absolute Gasteiger partial charge is 0.329 e. The standard InChI is InChI=1S/C28H25N3O4/c1-2-34-26-15-9-8-14-24(26)30-27(32)28(33)31-29-18-23-22-13-7-6-12-21(22)16-17-25(23)35-19-20-10-4-3-5-11-20/h3-18H,2,19H2,1H3,(H,30,32)(H,31,33)/b29-18-. The first-order chi connectivity index (χ1) is 17.2. The minimum Gasteiger partial charge on any atom is -0.492 e. The molecule has 0 atom stereocenters. The highest BCUT2D eigenvalue weighted by Crippen LogP contribution is 2.27. The van der Waals surface area contributed by atoms with Crippen molar-refractivity contribution in [3.8, 4) is 11.5 Å². The van der Waals surface area contributed by atoms with E-state index in [0.717, 1.165) is 16.3 Å². The average molecular weight is 468 g/mol. The Morgan fingerprint density at radius 1 is 0.800 bits per heavy atom. The van der Waals surface area contributed by atoms with Crippen LogP contribution in [0.25, 0.3) is 10.8 Å². The summed E-state index contributed by atoms with van der Waals surface area (Å²) in [5.41, 5.74) is 4.42. The van der Waals surface area contributed by atoms with E-state index in [-0.39, 0.29) is 0 Å². The van der Waals surface area contributed by atoms with E-state index in [1.54, 1.807) is 24.3 Å². The lowest BCUT2D eigenvalue weighted by Gasteiger charge is -2.12. The van der Waals surface area contributed by atoms with Gasteiger partial charge in [-0.15, -0.1) is 0 Å². The molecule has 7 nitrogen and oxygen atoms in total. The van der Waals surface area contributed by atoms with Gasteiger partial charge in [0, 0.05) is 5.56 Å². The van der Waals surface area contributed by atoms with Crippen LogP contribution in [0.3, 0.4) is 0 Å². The molecule has 0 aliphatic rings. The molecule has 0 radical (unpaired) electrons. The normalized spacial score (nSPS) is 10.8. The molecule has 0 unspecified atom stereocenters. The molecule has 4 aromatic carbocycles. The van der Waals surface area contributed by atoms with Crippen molar-refractivity contribution in [1.29, 1.82) is 0 Å². The van der Waals surface area contributed by atoms with Crippen LogP contribution in [0.4, 0.5) is 5.69 Å². The van der Waals surface area contributed by atoms with Gasteiger partial charge in [-0.1, -0.05) is 72.8 Å². The molecule has 0 aliphatic carbocycles. The van der Waals surface area contributed by atoms with E-state index in [4.69, 9.17) is 9.47 Å². The van der Waals surface area contributed by atoms with Gasteiger partial charge in [-0.05, 0) is 41.5 Å². The van der Waals surface area contributed by atoms with Crippen LogP contribution in [0.5, 0.6) is 11.5 Å². The summed E-state index contributed by atoms with van der Waals surface area (Å²) in [5.74, 6) is -0.663. The lowest BCUT2D eigenvalue weighted by molar-refractivity contribution is -0.136.